The van der Waals surface area contributed by atoms with Crippen LogP contribution in [0, 0.1) is 25.2 Å². The van der Waals surface area contributed by atoms with E-state index in [-0.39, 0.29) is 0 Å². The molecule has 1 N–H and O–H groups in total. The lowest BCUT2D eigenvalue weighted by Crippen LogP contribution is -2.04. The molecule has 0 saturated carbocycles. The number of aromatic nitrogens is 2. The summed E-state index contributed by atoms with van der Waals surface area (Å²) in [4.78, 5) is 0. The predicted octanol–water partition coefficient (Wildman–Crippen LogP) is 2.73. The minimum absolute atomic E-state index is 0.413. The Kier molecular flexibility index (Phi) is 4.24. The van der Waals surface area contributed by atoms with Crippen LogP contribution in [0.25, 0.3) is 0 Å². The molecule has 1 aromatic heterocycles. The van der Waals surface area contributed by atoms with Crippen molar-refractivity contribution in [2.24, 2.45) is 0 Å². The predicted molar refractivity (Wildman–Crippen MR) is 79.0 cm³/mol. The van der Waals surface area contributed by atoms with Crippen LogP contribution in [0.3, 0.4) is 0 Å². The zero-order chi connectivity index (χ0) is 15.4. The first-order valence-electron chi connectivity index (χ1n) is 6.33. The minimum Gasteiger partial charge on any atom is -0.497 e. The van der Waals surface area contributed by atoms with E-state index in [1.54, 1.807) is 32.4 Å². The molecule has 1 aromatic carbocycles. The van der Waals surface area contributed by atoms with Gasteiger partial charge < -0.3 is 14.8 Å². The first-order valence-corrected chi connectivity index (χ1v) is 6.33. The van der Waals surface area contributed by atoms with Gasteiger partial charge >= 0.3 is 0 Å². The smallest absolute Gasteiger partial charge is 0.171 e. The second-order valence-electron chi connectivity index (χ2n) is 4.47. The van der Waals surface area contributed by atoms with Crippen LogP contribution in [0.4, 0.5) is 11.5 Å². The zero-order valence-electron chi connectivity index (χ0n) is 12.4. The number of aryl methyl sites for hydroxylation is 1. The molecule has 0 bridgehead atoms. The van der Waals surface area contributed by atoms with Gasteiger partial charge in [0.1, 0.15) is 23.1 Å². The molecule has 0 spiro atoms. The monoisotopic (exact) mass is 284 g/mol. The summed E-state index contributed by atoms with van der Waals surface area (Å²) >= 11 is 0. The summed E-state index contributed by atoms with van der Waals surface area (Å²) in [6.07, 6.45) is 0. The fourth-order valence-corrected chi connectivity index (χ4v) is 1.85. The van der Waals surface area contributed by atoms with Gasteiger partial charge in [0.2, 0.25) is 0 Å². The lowest BCUT2D eigenvalue weighted by molar-refractivity contribution is 0.395. The molecule has 21 heavy (non-hydrogen) atoms. The molecule has 0 radical (unpaired) electrons. The normalized spacial score (nSPS) is 9.86. The van der Waals surface area contributed by atoms with Gasteiger partial charge in [-0.1, -0.05) is 0 Å². The number of ether oxygens (including phenoxy) is 2. The topological polar surface area (TPSA) is 80.1 Å². The molecule has 0 atom stereocenters. The van der Waals surface area contributed by atoms with Crippen molar-refractivity contribution in [3.63, 3.8) is 0 Å². The van der Waals surface area contributed by atoms with Crippen molar-refractivity contribution in [1.29, 1.82) is 5.26 Å². The van der Waals surface area contributed by atoms with Crippen molar-refractivity contribution in [2.45, 2.75) is 13.8 Å². The van der Waals surface area contributed by atoms with Crippen LogP contribution in [-0.2, 0) is 0 Å². The molecular weight excluding hydrogens is 268 g/mol. The van der Waals surface area contributed by atoms with Crippen molar-refractivity contribution >= 4 is 11.5 Å². The molecular formula is C15H16N4O2. The van der Waals surface area contributed by atoms with Crippen LogP contribution < -0.4 is 14.8 Å². The number of nitriles is 1. The van der Waals surface area contributed by atoms with E-state index in [0.29, 0.717) is 28.6 Å². The standard InChI is InChI=1S/C15H16N4O2/c1-9-10(2)18-19-15(14(9)8-16)17-11-5-12(20-3)7-13(6-11)21-4/h5-7H,1-4H3,(H,17,19). The number of anilines is 2. The van der Waals surface area contributed by atoms with Gasteiger partial charge in [-0.25, -0.2) is 0 Å². The summed E-state index contributed by atoms with van der Waals surface area (Å²) in [6, 6.07) is 7.51. The maximum atomic E-state index is 9.30. The minimum atomic E-state index is 0.413. The Labute approximate surface area is 123 Å². The van der Waals surface area contributed by atoms with Gasteiger partial charge in [-0.3, -0.25) is 0 Å². The third-order valence-corrected chi connectivity index (χ3v) is 3.18. The number of methoxy groups -OCH3 is 2. The van der Waals surface area contributed by atoms with Gasteiger partial charge in [-0.2, -0.15) is 10.4 Å². The van der Waals surface area contributed by atoms with Crippen LogP contribution >= 0.6 is 0 Å². The van der Waals surface area contributed by atoms with E-state index in [0.717, 1.165) is 11.3 Å². The Balaban J connectivity index is 2.43. The zero-order valence-corrected chi connectivity index (χ0v) is 12.4. The van der Waals surface area contributed by atoms with Crippen LogP contribution in [-0.4, -0.2) is 24.4 Å². The molecule has 0 amide bonds. The SMILES string of the molecule is COc1cc(Nc2nnc(C)c(C)c2C#N)cc(OC)c1. The maximum absolute atomic E-state index is 9.30. The van der Waals surface area contributed by atoms with E-state index in [1.165, 1.54) is 0 Å². The number of rotatable bonds is 4. The molecule has 0 unspecified atom stereocenters. The number of hydrogen-bond acceptors (Lipinski definition) is 6. The number of hydrogen-bond donors (Lipinski definition) is 1. The molecule has 2 rings (SSSR count). The molecule has 2 aromatic rings. The average Bonchev–Trinajstić information content (AvgIpc) is 2.51. The number of nitrogens with zero attached hydrogens (tertiary/aromatic N) is 3. The van der Waals surface area contributed by atoms with Crippen molar-refractivity contribution in [2.75, 3.05) is 19.5 Å². The molecule has 108 valence electrons. The van der Waals surface area contributed by atoms with Crippen LogP contribution in [0.1, 0.15) is 16.8 Å². The van der Waals surface area contributed by atoms with Gasteiger partial charge in [0.15, 0.2) is 5.82 Å². The number of benzene rings is 1. The van der Waals surface area contributed by atoms with E-state index >= 15 is 0 Å². The summed E-state index contributed by atoms with van der Waals surface area (Å²) in [6.45, 7) is 3.67. The lowest BCUT2D eigenvalue weighted by atomic mass is 10.1. The van der Waals surface area contributed by atoms with Gasteiger partial charge in [0.25, 0.3) is 0 Å². The third-order valence-electron chi connectivity index (χ3n) is 3.18. The van der Waals surface area contributed by atoms with Crippen LogP contribution in [0.5, 0.6) is 11.5 Å². The van der Waals surface area contributed by atoms with E-state index in [1.807, 2.05) is 13.8 Å². The van der Waals surface area contributed by atoms with E-state index < -0.39 is 0 Å². The molecule has 0 fully saturated rings. The van der Waals surface area contributed by atoms with Crippen LogP contribution in [0.15, 0.2) is 18.2 Å². The summed E-state index contributed by atoms with van der Waals surface area (Å²) in [5.74, 6) is 1.70. The second kappa shape index (κ2) is 6.09. The maximum Gasteiger partial charge on any atom is 0.171 e. The molecule has 0 aliphatic carbocycles. The van der Waals surface area contributed by atoms with Crippen LogP contribution in [0.2, 0.25) is 0 Å². The highest BCUT2D eigenvalue weighted by molar-refractivity contribution is 5.66. The first-order chi connectivity index (χ1) is 10.1. The highest BCUT2D eigenvalue weighted by Gasteiger charge is 2.12. The first kappa shape index (κ1) is 14.6. The molecule has 6 nitrogen and oxygen atoms in total. The lowest BCUT2D eigenvalue weighted by Gasteiger charge is -2.12. The fourth-order valence-electron chi connectivity index (χ4n) is 1.85. The average molecular weight is 284 g/mol. The van der Waals surface area contributed by atoms with Gasteiger partial charge in [-0.05, 0) is 19.4 Å². The second-order valence-corrected chi connectivity index (χ2v) is 4.47. The summed E-state index contributed by atoms with van der Waals surface area (Å²) in [7, 11) is 3.16. The number of nitrogens with one attached hydrogen (secondary N) is 1. The van der Waals surface area contributed by atoms with Crippen molar-refractivity contribution in [3.8, 4) is 17.6 Å². The molecule has 0 aliphatic rings. The summed E-state index contributed by atoms with van der Waals surface area (Å²) in [5.41, 5.74) is 2.73. The van der Waals surface area contributed by atoms with Gasteiger partial charge in [-0.15, -0.1) is 5.10 Å². The summed E-state index contributed by atoms with van der Waals surface area (Å²) < 4.78 is 10.4. The molecule has 0 aliphatic heterocycles. The highest BCUT2D eigenvalue weighted by atomic mass is 16.5. The molecule has 6 heteroatoms. The highest BCUT2D eigenvalue weighted by Crippen LogP contribution is 2.29. The Morgan fingerprint density at radius 3 is 2.19 bits per heavy atom. The van der Waals surface area contributed by atoms with E-state index in [2.05, 4.69) is 21.6 Å². The summed E-state index contributed by atoms with van der Waals surface area (Å²) in [5, 5.41) is 20.5. The molecule has 1 heterocycles. The molecule has 0 saturated heterocycles. The Morgan fingerprint density at radius 1 is 1.05 bits per heavy atom. The van der Waals surface area contributed by atoms with Crippen molar-refractivity contribution < 1.29 is 9.47 Å². The van der Waals surface area contributed by atoms with Gasteiger partial charge in [0, 0.05) is 23.9 Å². The van der Waals surface area contributed by atoms with E-state index in [9.17, 15) is 5.26 Å². The Hall–Kier alpha value is -2.81. The van der Waals surface area contributed by atoms with Crippen molar-refractivity contribution in [3.05, 3.63) is 35.0 Å². The Morgan fingerprint density at radius 2 is 1.67 bits per heavy atom. The largest absolute Gasteiger partial charge is 0.497 e. The fraction of sp³-hybridized carbons (Fsp3) is 0.267. The van der Waals surface area contributed by atoms with Gasteiger partial charge in [0.05, 0.1) is 19.9 Å². The Bertz CT molecular complexity index is 685. The third kappa shape index (κ3) is 3.03. The van der Waals surface area contributed by atoms with Crippen molar-refractivity contribution in [1.82, 2.24) is 10.2 Å². The van der Waals surface area contributed by atoms with E-state index in [4.69, 9.17) is 9.47 Å². The quantitative estimate of drug-likeness (QED) is 0.929.